The fraction of sp³-hybridized carbons (Fsp3) is 0.208. The molecule has 2 aromatic carbocycles. The molecule has 0 bridgehead atoms. The number of hydrogen-bond acceptors (Lipinski definition) is 6. The maximum absolute atomic E-state index is 13.3. The third kappa shape index (κ3) is 5.04. The van der Waals surface area contributed by atoms with Crippen molar-refractivity contribution in [1.29, 1.82) is 0 Å². The molecule has 2 N–H and O–H groups in total. The predicted molar refractivity (Wildman–Crippen MR) is 131 cm³/mol. The number of carbonyl (C=O) groups excluding carboxylic acids is 1. The Labute approximate surface area is 197 Å². The van der Waals surface area contributed by atoms with Crippen molar-refractivity contribution in [3.8, 4) is 5.75 Å². The van der Waals surface area contributed by atoms with E-state index in [2.05, 4.69) is 10.1 Å². The number of para-hydroxylation sites is 1. The van der Waals surface area contributed by atoms with Gasteiger partial charge in [-0.15, -0.1) is 11.3 Å². The standard InChI is InChI=1S/C24H25N3O4S2/c1-3-31-22-9-6-5-8-19(22)21-16-20(25-27(21)24(28)23-10-7-15-32-23)17-11-13-18(14-12-17)26-33(29,30)4-2/h5-16,21,25-26H,3-4H2,1-2H3. The maximum atomic E-state index is 13.3. The number of nitrogens with zero attached hydrogens (tertiary/aromatic N) is 1. The molecule has 172 valence electrons. The minimum absolute atomic E-state index is 0.00215. The molecule has 4 rings (SSSR count). The first-order valence-corrected chi connectivity index (χ1v) is 13.1. The van der Waals surface area contributed by atoms with E-state index in [1.165, 1.54) is 11.3 Å². The molecule has 7 nitrogen and oxygen atoms in total. The largest absolute Gasteiger partial charge is 0.494 e. The van der Waals surface area contributed by atoms with Crippen LogP contribution < -0.4 is 14.9 Å². The minimum atomic E-state index is -3.35. The van der Waals surface area contributed by atoms with Crippen molar-refractivity contribution in [2.24, 2.45) is 0 Å². The summed E-state index contributed by atoms with van der Waals surface area (Å²) >= 11 is 1.39. The minimum Gasteiger partial charge on any atom is -0.494 e. The third-order valence-corrected chi connectivity index (χ3v) is 7.35. The molecular formula is C24H25N3O4S2. The van der Waals surface area contributed by atoms with E-state index in [1.807, 2.05) is 60.8 Å². The van der Waals surface area contributed by atoms with Gasteiger partial charge in [0.1, 0.15) is 11.8 Å². The van der Waals surface area contributed by atoms with Gasteiger partial charge in [0.25, 0.3) is 5.91 Å². The Kier molecular flexibility index (Phi) is 6.71. The average molecular weight is 484 g/mol. The second kappa shape index (κ2) is 9.68. The molecule has 0 aliphatic carbocycles. The summed E-state index contributed by atoms with van der Waals surface area (Å²) in [6.45, 7) is 4.03. The molecule has 0 saturated heterocycles. The smallest absolute Gasteiger partial charge is 0.283 e. The monoisotopic (exact) mass is 483 g/mol. The number of nitrogens with one attached hydrogen (secondary N) is 2. The molecule has 0 fully saturated rings. The molecule has 1 unspecified atom stereocenters. The highest BCUT2D eigenvalue weighted by molar-refractivity contribution is 7.92. The van der Waals surface area contributed by atoms with E-state index in [0.29, 0.717) is 17.2 Å². The molecule has 2 heterocycles. The van der Waals surface area contributed by atoms with Gasteiger partial charge in [-0.2, -0.15) is 0 Å². The van der Waals surface area contributed by atoms with Crippen LogP contribution in [0.1, 0.15) is 40.7 Å². The lowest BCUT2D eigenvalue weighted by atomic mass is 10.0. The van der Waals surface area contributed by atoms with Crippen molar-refractivity contribution in [3.05, 3.63) is 88.1 Å². The molecule has 9 heteroatoms. The molecule has 0 saturated carbocycles. The van der Waals surface area contributed by atoms with Gasteiger partial charge in [0, 0.05) is 11.3 Å². The zero-order valence-electron chi connectivity index (χ0n) is 18.3. The summed E-state index contributed by atoms with van der Waals surface area (Å²) in [5.41, 5.74) is 6.19. The van der Waals surface area contributed by atoms with Crippen LogP contribution in [0.25, 0.3) is 5.70 Å². The van der Waals surface area contributed by atoms with Crippen molar-refractivity contribution in [2.75, 3.05) is 17.1 Å². The molecular weight excluding hydrogens is 458 g/mol. The first-order chi connectivity index (χ1) is 15.9. The molecule has 0 spiro atoms. The van der Waals surface area contributed by atoms with Gasteiger partial charge in [0.2, 0.25) is 10.0 Å². The average Bonchev–Trinajstić information content (AvgIpc) is 3.50. The molecule has 1 aromatic heterocycles. The zero-order valence-corrected chi connectivity index (χ0v) is 19.9. The fourth-order valence-corrected chi connectivity index (χ4v) is 4.84. The highest BCUT2D eigenvalue weighted by Crippen LogP contribution is 2.37. The van der Waals surface area contributed by atoms with Gasteiger partial charge in [-0.3, -0.25) is 14.9 Å². The molecule has 1 atom stereocenters. The number of anilines is 1. The van der Waals surface area contributed by atoms with Crippen LogP contribution in [0.3, 0.4) is 0 Å². The van der Waals surface area contributed by atoms with E-state index in [0.717, 1.165) is 22.6 Å². The van der Waals surface area contributed by atoms with Crippen LogP contribution in [0.4, 0.5) is 5.69 Å². The van der Waals surface area contributed by atoms with E-state index in [4.69, 9.17) is 4.74 Å². The Hall–Kier alpha value is -3.30. The number of benzene rings is 2. The van der Waals surface area contributed by atoms with Crippen LogP contribution in [0.15, 0.2) is 72.1 Å². The van der Waals surface area contributed by atoms with Gasteiger partial charge in [-0.25, -0.2) is 13.4 Å². The van der Waals surface area contributed by atoms with Crippen LogP contribution in [0, 0.1) is 0 Å². The van der Waals surface area contributed by atoms with Gasteiger partial charge in [-0.05, 0) is 55.1 Å². The van der Waals surface area contributed by atoms with Crippen LogP contribution in [0.5, 0.6) is 5.75 Å². The molecule has 1 aliphatic heterocycles. The van der Waals surface area contributed by atoms with Crippen LogP contribution in [-0.4, -0.2) is 31.7 Å². The Morgan fingerprint density at radius 3 is 2.52 bits per heavy atom. The summed E-state index contributed by atoms with van der Waals surface area (Å²) in [7, 11) is -3.35. The molecule has 1 amide bonds. The van der Waals surface area contributed by atoms with Crippen LogP contribution in [0.2, 0.25) is 0 Å². The number of amides is 1. The SMILES string of the molecule is CCOc1ccccc1C1C=C(c2ccc(NS(=O)(=O)CC)cc2)NN1C(=O)c1cccs1. The van der Waals surface area contributed by atoms with Crippen molar-refractivity contribution in [3.63, 3.8) is 0 Å². The number of rotatable bonds is 8. The highest BCUT2D eigenvalue weighted by atomic mass is 32.2. The summed E-state index contributed by atoms with van der Waals surface area (Å²) in [4.78, 5) is 13.9. The summed E-state index contributed by atoms with van der Waals surface area (Å²) < 4.78 is 32.0. The number of hydrazine groups is 1. The van der Waals surface area contributed by atoms with Gasteiger partial charge in [0.05, 0.1) is 22.9 Å². The third-order valence-electron chi connectivity index (χ3n) is 5.18. The summed E-state index contributed by atoms with van der Waals surface area (Å²) in [5, 5.41) is 3.48. The van der Waals surface area contributed by atoms with E-state index >= 15 is 0 Å². The normalized spacial score (nSPS) is 15.6. The summed E-state index contributed by atoms with van der Waals surface area (Å²) in [6, 6.07) is 18.0. The van der Waals surface area contributed by atoms with Gasteiger partial charge in [0.15, 0.2) is 0 Å². The van der Waals surface area contributed by atoms with E-state index in [1.54, 1.807) is 30.1 Å². The predicted octanol–water partition coefficient (Wildman–Crippen LogP) is 4.65. The number of carbonyl (C=O) groups is 1. The van der Waals surface area contributed by atoms with E-state index in [9.17, 15) is 13.2 Å². The molecule has 1 aliphatic rings. The second-order valence-electron chi connectivity index (χ2n) is 7.34. The van der Waals surface area contributed by atoms with Gasteiger partial charge < -0.3 is 4.74 Å². The van der Waals surface area contributed by atoms with E-state index in [-0.39, 0.29) is 17.7 Å². The first-order valence-electron chi connectivity index (χ1n) is 10.6. The lowest BCUT2D eigenvalue weighted by Gasteiger charge is -2.26. The molecule has 33 heavy (non-hydrogen) atoms. The Balaban J connectivity index is 1.68. The van der Waals surface area contributed by atoms with Gasteiger partial charge in [-0.1, -0.05) is 36.4 Å². The number of thiophene rings is 1. The Bertz CT molecular complexity index is 1250. The topological polar surface area (TPSA) is 87.7 Å². The summed E-state index contributed by atoms with van der Waals surface area (Å²) in [5.74, 6) is 0.583. The zero-order chi connectivity index (χ0) is 23.4. The first kappa shape index (κ1) is 22.9. The van der Waals surface area contributed by atoms with Crippen molar-refractivity contribution in [2.45, 2.75) is 19.9 Å². The fourth-order valence-electron chi connectivity index (χ4n) is 3.54. The van der Waals surface area contributed by atoms with Crippen molar-refractivity contribution < 1.29 is 17.9 Å². The second-order valence-corrected chi connectivity index (χ2v) is 10.3. The van der Waals surface area contributed by atoms with Crippen molar-refractivity contribution >= 4 is 38.7 Å². The van der Waals surface area contributed by atoms with Crippen LogP contribution in [-0.2, 0) is 10.0 Å². The Morgan fingerprint density at radius 1 is 1.09 bits per heavy atom. The Morgan fingerprint density at radius 2 is 1.85 bits per heavy atom. The van der Waals surface area contributed by atoms with Crippen LogP contribution >= 0.6 is 11.3 Å². The molecule has 0 radical (unpaired) electrons. The number of hydrogen-bond donors (Lipinski definition) is 2. The highest BCUT2D eigenvalue weighted by Gasteiger charge is 2.33. The van der Waals surface area contributed by atoms with E-state index < -0.39 is 10.0 Å². The lowest BCUT2D eigenvalue weighted by molar-refractivity contribution is 0.0675. The lowest BCUT2D eigenvalue weighted by Crippen LogP contribution is -2.39. The maximum Gasteiger partial charge on any atom is 0.283 e. The quantitative estimate of drug-likeness (QED) is 0.487. The number of sulfonamides is 1. The number of ether oxygens (including phenoxy) is 1. The van der Waals surface area contributed by atoms with Gasteiger partial charge >= 0.3 is 0 Å². The molecule has 3 aromatic rings. The van der Waals surface area contributed by atoms with Crippen molar-refractivity contribution in [1.82, 2.24) is 10.4 Å². The summed E-state index contributed by atoms with van der Waals surface area (Å²) in [6.07, 6.45) is 1.98.